The minimum Gasteiger partial charge on any atom is -0.434 e. The van der Waals surface area contributed by atoms with Gasteiger partial charge < -0.3 is 24.8 Å². The van der Waals surface area contributed by atoms with Crippen LogP contribution in [0.2, 0.25) is 5.02 Å². The molecule has 0 aliphatic heterocycles. The second-order valence-corrected chi connectivity index (χ2v) is 6.00. The fraction of sp³-hybridized carbons (Fsp3) is 0.611. The zero-order valence-corrected chi connectivity index (χ0v) is 16.5. The number of aliphatic imine (C=N–C) groups is 1. The molecule has 154 valence electrons. The highest BCUT2D eigenvalue weighted by atomic mass is 35.5. The van der Waals surface area contributed by atoms with Gasteiger partial charge in [-0.25, -0.2) is 0 Å². The number of unbranched alkanes of at least 4 members (excludes halogenated alkanes) is 1. The van der Waals surface area contributed by atoms with Crippen molar-refractivity contribution < 1.29 is 23.0 Å². The van der Waals surface area contributed by atoms with E-state index < -0.39 is 6.61 Å². The van der Waals surface area contributed by atoms with Gasteiger partial charge >= 0.3 is 6.61 Å². The summed E-state index contributed by atoms with van der Waals surface area (Å²) in [5.74, 6) is 0.588. The Balaban J connectivity index is 2.29. The average Bonchev–Trinajstić information content (AvgIpc) is 2.64. The van der Waals surface area contributed by atoms with Gasteiger partial charge in [-0.3, -0.25) is 4.99 Å². The lowest BCUT2D eigenvalue weighted by Crippen LogP contribution is -2.38. The summed E-state index contributed by atoms with van der Waals surface area (Å²) < 4.78 is 40.3. The van der Waals surface area contributed by atoms with Crippen LogP contribution in [0.25, 0.3) is 0 Å². The molecular formula is C18H28ClF2N3O3. The lowest BCUT2D eigenvalue weighted by molar-refractivity contribution is -0.0504. The summed E-state index contributed by atoms with van der Waals surface area (Å²) in [4.78, 5) is 4.08. The van der Waals surface area contributed by atoms with Gasteiger partial charge in [0.25, 0.3) is 0 Å². The first-order chi connectivity index (χ1) is 13.1. The molecule has 0 atom stereocenters. The van der Waals surface area contributed by atoms with Crippen molar-refractivity contribution in [2.45, 2.75) is 32.9 Å². The van der Waals surface area contributed by atoms with E-state index in [4.69, 9.17) is 21.1 Å². The fourth-order valence-electron chi connectivity index (χ4n) is 2.11. The Bertz CT molecular complexity index is 563. The quantitative estimate of drug-likeness (QED) is 0.298. The molecule has 0 aliphatic rings. The number of hydrogen-bond donors (Lipinski definition) is 2. The number of nitrogens with zero attached hydrogens (tertiary/aromatic N) is 1. The van der Waals surface area contributed by atoms with Gasteiger partial charge in [0.15, 0.2) is 5.96 Å². The Hall–Kier alpha value is -1.64. The smallest absolute Gasteiger partial charge is 0.387 e. The highest BCUT2D eigenvalue weighted by Gasteiger charge is 2.11. The van der Waals surface area contributed by atoms with Crippen LogP contribution in [0.3, 0.4) is 0 Å². The zero-order valence-electron chi connectivity index (χ0n) is 15.8. The Morgan fingerprint density at radius 3 is 2.56 bits per heavy atom. The lowest BCUT2D eigenvalue weighted by Gasteiger charge is -2.15. The molecule has 0 unspecified atom stereocenters. The standard InChI is InChI=1S/C18H28ClF2N3O3/c1-3-4-8-25-10-11-26-9-7-23-18(22-2)24-13-14-12-15(19)5-6-16(14)27-17(20)21/h5-6,12,17H,3-4,7-11,13H2,1-2H3,(H2,22,23,24). The van der Waals surface area contributed by atoms with Crippen molar-refractivity contribution in [3.63, 3.8) is 0 Å². The molecule has 1 rings (SSSR count). The molecule has 9 heteroatoms. The number of hydrogen-bond acceptors (Lipinski definition) is 4. The Kier molecular flexibility index (Phi) is 12.5. The van der Waals surface area contributed by atoms with Crippen LogP contribution in [0.5, 0.6) is 5.75 Å². The number of benzene rings is 1. The van der Waals surface area contributed by atoms with Crippen molar-refractivity contribution in [2.75, 3.05) is 40.0 Å². The molecule has 27 heavy (non-hydrogen) atoms. The summed E-state index contributed by atoms with van der Waals surface area (Å²) in [6, 6.07) is 4.48. The molecule has 0 aromatic heterocycles. The van der Waals surface area contributed by atoms with Crippen LogP contribution in [-0.2, 0) is 16.0 Å². The molecule has 0 saturated carbocycles. The number of halogens is 3. The highest BCUT2D eigenvalue weighted by molar-refractivity contribution is 6.30. The molecule has 0 heterocycles. The zero-order chi connectivity index (χ0) is 19.9. The maximum atomic E-state index is 12.5. The number of nitrogens with one attached hydrogen (secondary N) is 2. The molecule has 0 bridgehead atoms. The molecule has 1 aromatic rings. The van der Waals surface area contributed by atoms with Crippen LogP contribution < -0.4 is 15.4 Å². The minimum absolute atomic E-state index is 0.0729. The van der Waals surface area contributed by atoms with Crippen molar-refractivity contribution in [3.05, 3.63) is 28.8 Å². The van der Waals surface area contributed by atoms with Crippen LogP contribution in [0, 0.1) is 0 Å². The van der Waals surface area contributed by atoms with Crippen LogP contribution >= 0.6 is 11.6 Å². The largest absolute Gasteiger partial charge is 0.434 e. The predicted octanol–water partition coefficient (Wildman–Crippen LogP) is 3.44. The second-order valence-electron chi connectivity index (χ2n) is 5.56. The van der Waals surface area contributed by atoms with E-state index in [9.17, 15) is 8.78 Å². The molecule has 0 aliphatic carbocycles. The van der Waals surface area contributed by atoms with E-state index in [0.29, 0.717) is 42.9 Å². The van der Waals surface area contributed by atoms with Crippen LogP contribution in [0.15, 0.2) is 23.2 Å². The van der Waals surface area contributed by atoms with Gasteiger partial charge in [-0.05, 0) is 24.6 Å². The maximum absolute atomic E-state index is 12.5. The highest BCUT2D eigenvalue weighted by Crippen LogP contribution is 2.24. The third kappa shape index (κ3) is 10.9. The first-order valence-corrected chi connectivity index (χ1v) is 9.27. The van der Waals surface area contributed by atoms with E-state index in [0.717, 1.165) is 19.4 Å². The molecule has 1 aromatic carbocycles. The number of guanidine groups is 1. The van der Waals surface area contributed by atoms with Gasteiger partial charge in [0, 0.05) is 37.3 Å². The average molecular weight is 408 g/mol. The lowest BCUT2D eigenvalue weighted by atomic mass is 10.2. The molecule has 0 fully saturated rings. The van der Waals surface area contributed by atoms with Crippen LogP contribution in [0.1, 0.15) is 25.3 Å². The van der Waals surface area contributed by atoms with Crippen molar-refractivity contribution in [1.82, 2.24) is 10.6 Å². The second kappa shape index (κ2) is 14.4. The summed E-state index contributed by atoms with van der Waals surface area (Å²) in [7, 11) is 1.62. The summed E-state index contributed by atoms with van der Waals surface area (Å²) in [6.45, 7) is 2.36. The van der Waals surface area contributed by atoms with E-state index in [1.165, 1.54) is 12.1 Å². The Morgan fingerprint density at radius 2 is 1.89 bits per heavy atom. The first kappa shape index (κ1) is 23.4. The molecule has 0 radical (unpaired) electrons. The van der Waals surface area contributed by atoms with Crippen LogP contribution in [0.4, 0.5) is 8.78 Å². The van der Waals surface area contributed by atoms with Gasteiger partial charge in [-0.15, -0.1) is 0 Å². The number of rotatable bonds is 13. The summed E-state index contributed by atoms with van der Waals surface area (Å²) in [6.07, 6.45) is 2.17. The fourth-order valence-corrected chi connectivity index (χ4v) is 2.30. The Morgan fingerprint density at radius 1 is 1.15 bits per heavy atom. The van der Waals surface area contributed by atoms with E-state index >= 15 is 0 Å². The van der Waals surface area contributed by atoms with Gasteiger partial charge in [-0.2, -0.15) is 8.78 Å². The van der Waals surface area contributed by atoms with Gasteiger partial charge in [0.05, 0.1) is 19.8 Å². The predicted molar refractivity (Wildman–Crippen MR) is 103 cm³/mol. The Labute approximate surface area is 164 Å². The third-order valence-electron chi connectivity index (χ3n) is 3.46. The van der Waals surface area contributed by atoms with Gasteiger partial charge in [-0.1, -0.05) is 24.9 Å². The minimum atomic E-state index is -2.90. The SMILES string of the molecule is CCCCOCCOCCNC(=NC)NCc1cc(Cl)ccc1OC(F)F. The van der Waals surface area contributed by atoms with Crippen molar-refractivity contribution in [1.29, 1.82) is 0 Å². The molecule has 0 spiro atoms. The molecule has 2 N–H and O–H groups in total. The van der Waals surface area contributed by atoms with Crippen molar-refractivity contribution in [3.8, 4) is 5.75 Å². The van der Waals surface area contributed by atoms with Gasteiger partial charge in [0.2, 0.25) is 0 Å². The molecule has 0 saturated heterocycles. The normalized spacial score (nSPS) is 11.7. The number of ether oxygens (including phenoxy) is 3. The van der Waals surface area contributed by atoms with E-state index in [1.54, 1.807) is 13.1 Å². The van der Waals surface area contributed by atoms with Crippen molar-refractivity contribution >= 4 is 17.6 Å². The van der Waals surface area contributed by atoms with Crippen LogP contribution in [-0.4, -0.2) is 52.6 Å². The molecule has 6 nitrogen and oxygen atoms in total. The van der Waals surface area contributed by atoms with E-state index in [-0.39, 0.29) is 12.3 Å². The summed E-state index contributed by atoms with van der Waals surface area (Å²) in [5.41, 5.74) is 0.506. The van der Waals surface area contributed by atoms with E-state index in [1.807, 2.05) is 0 Å². The first-order valence-electron chi connectivity index (χ1n) is 8.90. The third-order valence-corrected chi connectivity index (χ3v) is 3.70. The topological polar surface area (TPSA) is 64.1 Å². The monoisotopic (exact) mass is 407 g/mol. The maximum Gasteiger partial charge on any atom is 0.387 e. The molecule has 0 amide bonds. The summed E-state index contributed by atoms with van der Waals surface area (Å²) >= 11 is 5.93. The van der Waals surface area contributed by atoms with Crippen molar-refractivity contribution in [2.24, 2.45) is 4.99 Å². The van der Waals surface area contributed by atoms with E-state index in [2.05, 4.69) is 27.3 Å². The summed E-state index contributed by atoms with van der Waals surface area (Å²) in [5, 5.41) is 6.54. The van der Waals surface area contributed by atoms with Gasteiger partial charge in [0.1, 0.15) is 5.75 Å². The number of alkyl halides is 2. The molecular weight excluding hydrogens is 380 g/mol.